The second-order valence-corrected chi connectivity index (χ2v) is 8.12. The zero-order chi connectivity index (χ0) is 22.5. The predicted octanol–water partition coefficient (Wildman–Crippen LogP) is 5.69. The quantitative estimate of drug-likeness (QED) is 0.310. The lowest BCUT2D eigenvalue weighted by Gasteiger charge is -2.10. The van der Waals surface area contributed by atoms with Crippen LogP contribution in [-0.4, -0.2) is 15.9 Å². The highest BCUT2D eigenvalue weighted by atomic mass is 32.1. The van der Waals surface area contributed by atoms with Crippen LogP contribution in [0.4, 0.5) is 5.69 Å². The molecule has 3 aromatic carbocycles. The highest BCUT2D eigenvalue weighted by Gasteiger charge is 2.15. The fraction of sp³-hybridized carbons (Fsp3) is 0.0385. The number of rotatable bonds is 7. The van der Waals surface area contributed by atoms with Gasteiger partial charge in [0, 0.05) is 17.0 Å². The molecule has 2 aromatic heterocycles. The van der Waals surface area contributed by atoms with Crippen LogP contribution >= 0.6 is 11.3 Å². The van der Waals surface area contributed by atoms with E-state index < -0.39 is 0 Å². The van der Waals surface area contributed by atoms with Crippen molar-refractivity contribution < 1.29 is 9.53 Å². The summed E-state index contributed by atoms with van der Waals surface area (Å²) in [6.07, 6.45) is 1.74. The normalized spacial score (nSPS) is 10.7. The van der Waals surface area contributed by atoms with Gasteiger partial charge in [-0.25, -0.2) is 4.98 Å². The van der Waals surface area contributed by atoms with Crippen molar-refractivity contribution in [3.8, 4) is 16.3 Å². The molecule has 0 fully saturated rings. The fourth-order valence-corrected chi connectivity index (χ4v) is 4.24. The lowest BCUT2D eigenvalue weighted by molar-refractivity contribution is 0.0958. The van der Waals surface area contributed by atoms with Gasteiger partial charge < -0.3 is 4.74 Å². The number of amides is 1. The number of hydrazine groups is 1. The lowest BCUT2D eigenvalue weighted by atomic mass is 10.2. The molecular weight excluding hydrogens is 432 g/mol. The van der Waals surface area contributed by atoms with Crippen LogP contribution in [0.5, 0.6) is 5.75 Å². The number of hydrogen-bond donors (Lipinski definition) is 2. The maximum absolute atomic E-state index is 12.7. The SMILES string of the molecule is O=C(NNc1cccc2ncccc12)c1csc(-c2ccccc2OCc2ccccc2)n1. The first-order valence-electron chi connectivity index (χ1n) is 10.4. The summed E-state index contributed by atoms with van der Waals surface area (Å²) in [6, 6.07) is 27.2. The summed E-state index contributed by atoms with van der Waals surface area (Å²) < 4.78 is 6.04. The topological polar surface area (TPSA) is 76.1 Å². The van der Waals surface area contributed by atoms with Gasteiger partial charge in [-0.3, -0.25) is 20.6 Å². The number of hydrogen-bond acceptors (Lipinski definition) is 6. The minimum absolute atomic E-state index is 0.318. The highest BCUT2D eigenvalue weighted by Crippen LogP contribution is 2.32. The number of pyridine rings is 1. The van der Waals surface area contributed by atoms with Crippen LogP contribution in [0.25, 0.3) is 21.5 Å². The minimum Gasteiger partial charge on any atom is -0.488 e. The fourth-order valence-electron chi connectivity index (χ4n) is 3.41. The molecule has 162 valence electrons. The van der Waals surface area contributed by atoms with Crippen molar-refractivity contribution >= 4 is 33.8 Å². The van der Waals surface area contributed by atoms with Crippen LogP contribution in [0.15, 0.2) is 96.5 Å². The molecule has 0 saturated carbocycles. The van der Waals surface area contributed by atoms with Gasteiger partial charge in [-0.15, -0.1) is 11.3 Å². The highest BCUT2D eigenvalue weighted by molar-refractivity contribution is 7.13. The number of nitrogens with one attached hydrogen (secondary N) is 2. The molecule has 1 amide bonds. The van der Waals surface area contributed by atoms with Gasteiger partial charge in [0.2, 0.25) is 0 Å². The Kier molecular flexibility index (Phi) is 5.95. The van der Waals surface area contributed by atoms with Crippen molar-refractivity contribution in [2.45, 2.75) is 6.61 Å². The summed E-state index contributed by atoms with van der Waals surface area (Å²) in [6.45, 7) is 0.459. The van der Waals surface area contributed by atoms with Crippen LogP contribution in [0.2, 0.25) is 0 Å². The molecule has 2 N–H and O–H groups in total. The van der Waals surface area contributed by atoms with Gasteiger partial charge in [-0.2, -0.15) is 0 Å². The number of ether oxygens (including phenoxy) is 1. The molecule has 5 aromatic rings. The molecule has 6 nitrogen and oxygen atoms in total. The summed E-state index contributed by atoms with van der Waals surface area (Å²) in [5.74, 6) is 0.408. The van der Waals surface area contributed by atoms with E-state index in [9.17, 15) is 4.79 Å². The van der Waals surface area contributed by atoms with Crippen molar-refractivity contribution in [1.29, 1.82) is 0 Å². The van der Waals surface area contributed by atoms with Crippen molar-refractivity contribution in [1.82, 2.24) is 15.4 Å². The number of para-hydroxylation sites is 1. The number of aromatic nitrogens is 2. The van der Waals surface area contributed by atoms with E-state index in [-0.39, 0.29) is 5.91 Å². The maximum atomic E-state index is 12.7. The zero-order valence-electron chi connectivity index (χ0n) is 17.6. The Morgan fingerprint density at radius 2 is 1.76 bits per heavy atom. The van der Waals surface area contributed by atoms with E-state index in [0.29, 0.717) is 12.3 Å². The molecule has 0 aliphatic rings. The molecular formula is C26H20N4O2S. The van der Waals surface area contributed by atoms with Gasteiger partial charge in [0.25, 0.3) is 5.91 Å². The van der Waals surface area contributed by atoms with Gasteiger partial charge >= 0.3 is 0 Å². The standard InChI is InChI=1S/C26H20N4O2S/c31-25(30-29-22-13-6-12-21-19(22)11-7-15-27-21)23-17-33-26(28-23)20-10-4-5-14-24(20)32-16-18-8-2-1-3-9-18/h1-15,17,29H,16H2,(H,30,31). The molecule has 7 heteroatoms. The van der Waals surface area contributed by atoms with E-state index in [4.69, 9.17) is 4.74 Å². The first-order chi connectivity index (χ1) is 16.3. The summed E-state index contributed by atoms with van der Waals surface area (Å²) in [7, 11) is 0. The van der Waals surface area contributed by atoms with Gasteiger partial charge in [0.05, 0.1) is 16.8 Å². The van der Waals surface area contributed by atoms with E-state index in [1.54, 1.807) is 11.6 Å². The maximum Gasteiger partial charge on any atom is 0.289 e. The van der Waals surface area contributed by atoms with Crippen LogP contribution in [-0.2, 0) is 6.61 Å². The second-order valence-electron chi connectivity index (χ2n) is 7.26. The number of carbonyl (C=O) groups is 1. The number of nitrogens with zero attached hydrogens (tertiary/aromatic N) is 2. The second kappa shape index (κ2) is 9.50. The van der Waals surface area contributed by atoms with E-state index in [2.05, 4.69) is 20.8 Å². The average molecular weight is 453 g/mol. The van der Waals surface area contributed by atoms with Crippen molar-refractivity contribution in [2.75, 3.05) is 5.43 Å². The monoisotopic (exact) mass is 452 g/mol. The van der Waals surface area contributed by atoms with E-state index in [1.165, 1.54) is 11.3 Å². The third-order valence-corrected chi connectivity index (χ3v) is 5.92. The summed E-state index contributed by atoms with van der Waals surface area (Å²) in [4.78, 5) is 21.6. The van der Waals surface area contributed by atoms with E-state index in [0.717, 1.165) is 38.5 Å². The lowest BCUT2D eigenvalue weighted by Crippen LogP contribution is -2.29. The molecule has 0 aliphatic heterocycles. The molecule has 0 saturated heterocycles. The zero-order valence-corrected chi connectivity index (χ0v) is 18.4. The van der Waals surface area contributed by atoms with E-state index in [1.807, 2.05) is 84.9 Å². The molecule has 0 atom stereocenters. The van der Waals surface area contributed by atoms with Crippen LogP contribution in [0.3, 0.4) is 0 Å². The summed E-state index contributed by atoms with van der Waals surface area (Å²) in [5.41, 5.74) is 9.60. The number of anilines is 1. The van der Waals surface area contributed by atoms with Gasteiger partial charge in [0.1, 0.15) is 23.1 Å². The van der Waals surface area contributed by atoms with Crippen molar-refractivity contribution in [3.05, 3.63) is 108 Å². The van der Waals surface area contributed by atoms with Crippen molar-refractivity contribution in [3.63, 3.8) is 0 Å². The molecule has 33 heavy (non-hydrogen) atoms. The molecule has 0 radical (unpaired) electrons. The first kappa shape index (κ1) is 20.7. The number of thiazole rings is 1. The molecule has 0 bridgehead atoms. The van der Waals surface area contributed by atoms with E-state index >= 15 is 0 Å². The molecule has 0 unspecified atom stereocenters. The first-order valence-corrected chi connectivity index (χ1v) is 11.3. The molecule has 5 rings (SSSR count). The minimum atomic E-state index is -0.318. The summed E-state index contributed by atoms with van der Waals surface area (Å²) in [5, 5.41) is 3.38. The Morgan fingerprint density at radius 3 is 2.67 bits per heavy atom. The van der Waals surface area contributed by atoms with Crippen LogP contribution in [0.1, 0.15) is 16.1 Å². The Morgan fingerprint density at radius 1 is 0.909 bits per heavy atom. The number of carbonyl (C=O) groups excluding carboxylic acids is 1. The number of fused-ring (bicyclic) bond motifs is 1. The van der Waals surface area contributed by atoms with Crippen molar-refractivity contribution in [2.24, 2.45) is 0 Å². The Hall–Kier alpha value is -4.23. The molecule has 0 aliphatic carbocycles. The largest absolute Gasteiger partial charge is 0.488 e. The van der Waals surface area contributed by atoms with Gasteiger partial charge in [-0.05, 0) is 42.0 Å². The van der Waals surface area contributed by atoms with Crippen LogP contribution in [0, 0.1) is 0 Å². The van der Waals surface area contributed by atoms with Gasteiger partial charge in [-0.1, -0.05) is 48.5 Å². The Labute approximate surface area is 194 Å². The predicted molar refractivity (Wildman–Crippen MR) is 131 cm³/mol. The van der Waals surface area contributed by atoms with Crippen LogP contribution < -0.4 is 15.6 Å². The Bertz CT molecular complexity index is 1400. The Balaban J connectivity index is 1.29. The third kappa shape index (κ3) is 4.68. The third-order valence-electron chi connectivity index (χ3n) is 5.05. The van der Waals surface area contributed by atoms with Gasteiger partial charge in [0.15, 0.2) is 0 Å². The smallest absolute Gasteiger partial charge is 0.289 e. The number of benzene rings is 3. The average Bonchev–Trinajstić information content (AvgIpc) is 3.37. The molecule has 0 spiro atoms. The summed E-state index contributed by atoms with van der Waals surface area (Å²) >= 11 is 1.40. The molecule has 2 heterocycles.